The molecule has 0 unspecified atom stereocenters. The van der Waals surface area contributed by atoms with Gasteiger partial charge in [0, 0.05) is 16.3 Å². The SMILES string of the molecule is Cc1nc(C(=O)N[C@H](Cc2ccccc2)C(=O)[O-])cc2c1[nH]c1ccccc12. The van der Waals surface area contributed by atoms with Gasteiger partial charge in [0.15, 0.2) is 0 Å². The van der Waals surface area contributed by atoms with E-state index in [9.17, 15) is 14.7 Å². The summed E-state index contributed by atoms with van der Waals surface area (Å²) in [7, 11) is 0. The Labute approximate surface area is 161 Å². The maximum atomic E-state index is 12.7. The number of carbonyl (C=O) groups excluding carboxylic acids is 2. The fourth-order valence-electron chi connectivity index (χ4n) is 3.40. The van der Waals surface area contributed by atoms with Crippen LogP contribution in [0.1, 0.15) is 21.7 Å². The molecule has 2 heterocycles. The number of benzene rings is 2. The predicted octanol–water partition coefficient (Wildman–Crippen LogP) is 2.12. The summed E-state index contributed by atoms with van der Waals surface area (Å²) in [5.74, 6) is -1.87. The van der Waals surface area contributed by atoms with E-state index in [1.54, 1.807) is 6.07 Å². The molecule has 2 aromatic carbocycles. The number of fused-ring (bicyclic) bond motifs is 3. The Hall–Kier alpha value is -3.67. The van der Waals surface area contributed by atoms with Gasteiger partial charge in [-0.2, -0.15) is 0 Å². The molecule has 0 fully saturated rings. The van der Waals surface area contributed by atoms with Crippen molar-refractivity contribution in [3.63, 3.8) is 0 Å². The lowest BCUT2D eigenvalue weighted by molar-refractivity contribution is -0.308. The van der Waals surface area contributed by atoms with Gasteiger partial charge in [0.05, 0.1) is 23.2 Å². The lowest BCUT2D eigenvalue weighted by atomic mass is 10.1. The average molecular weight is 372 g/mol. The average Bonchev–Trinajstić information content (AvgIpc) is 3.07. The van der Waals surface area contributed by atoms with Crippen LogP contribution in [0, 0.1) is 6.92 Å². The summed E-state index contributed by atoms with van der Waals surface area (Å²) in [6, 6.07) is 17.4. The van der Waals surface area contributed by atoms with Crippen LogP contribution in [0.5, 0.6) is 0 Å². The second-order valence-corrected chi connectivity index (χ2v) is 6.72. The van der Waals surface area contributed by atoms with E-state index < -0.39 is 17.9 Å². The molecule has 2 N–H and O–H groups in total. The number of aromatic nitrogens is 2. The molecule has 6 heteroatoms. The lowest BCUT2D eigenvalue weighted by Crippen LogP contribution is -2.49. The molecule has 0 aliphatic carbocycles. The molecule has 140 valence electrons. The minimum absolute atomic E-state index is 0.142. The van der Waals surface area contributed by atoms with E-state index in [1.807, 2.05) is 61.5 Å². The molecule has 0 aliphatic heterocycles. The highest BCUT2D eigenvalue weighted by Crippen LogP contribution is 2.27. The van der Waals surface area contributed by atoms with Crippen LogP contribution in [0.4, 0.5) is 0 Å². The van der Waals surface area contributed by atoms with Gasteiger partial charge in [-0.05, 0) is 31.0 Å². The first-order chi connectivity index (χ1) is 13.5. The van der Waals surface area contributed by atoms with E-state index in [0.29, 0.717) is 5.69 Å². The smallest absolute Gasteiger partial charge is 0.270 e. The second kappa shape index (κ2) is 7.15. The highest BCUT2D eigenvalue weighted by Gasteiger charge is 2.18. The van der Waals surface area contributed by atoms with Gasteiger partial charge in [-0.3, -0.25) is 4.79 Å². The molecular weight excluding hydrogens is 354 g/mol. The normalized spacial score (nSPS) is 12.2. The topological polar surface area (TPSA) is 97.9 Å². The summed E-state index contributed by atoms with van der Waals surface area (Å²) in [6.07, 6.45) is 0.142. The van der Waals surface area contributed by atoms with Gasteiger partial charge in [-0.25, -0.2) is 4.98 Å². The minimum atomic E-state index is -1.33. The number of nitrogens with one attached hydrogen (secondary N) is 2. The van der Waals surface area contributed by atoms with Gasteiger partial charge in [-0.15, -0.1) is 0 Å². The van der Waals surface area contributed by atoms with Crippen molar-refractivity contribution in [3.05, 3.63) is 77.6 Å². The molecule has 1 atom stereocenters. The first-order valence-electron chi connectivity index (χ1n) is 8.96. The van der Waals surface area contributed by atoms with Crippen LogP contribution in [-0.4, -0.2) is 27.9 Å². The number of H-pyrrole nitrogens is 1. The summed E-state index contributed by atoms with van der Waals surface area (Å²) in [4.78, 5) is 31.9. The number of carboxylic acids is 1. The number of aromatic amines is 1. The number of amides is 1. The van der Waals surface area contributed by atoms with Crippen molar-refractivity contribution in [2.75, 3.05) is 0 Å². The third kappa shape index (κ3) is 3.32. The fraction of sp³-hybridized carbons (Fsp3) is 0.136. The quantitative estimate of drug-likeness (QED) is 0.561. The van der Waals surface area contributed by atoms with Gasteiger partial charge in [0.25, 0.3) is 5.91 Å². The van der Waals surface area contributed by atoms with Crippen LogP contribution in [0.15, 0.2) is 60.7 Å². The Morgan fingerprint density at radius 2 is 1.79 bits per heavy atom. The summed E-state index contributed by atoms with van der Waals surface area (Å²) in [5.41, 5.74) is 3.46. The lowest BCUT2D eigenvalue weighted by Gasteiger charge is -2.19. The molecular formula is C22H18N3O3-. The molecule has 0 bridgehead atoms. The standard InChI is InChI=1S/C22H19N3O3/c1-13-20-16(15-9-5-6-10-17(15)24-20)12-18(23-13)21(26)25-19(22(27)28)11-14-7-3-2-4-8-14/h2-10,12,19,24H,11H2,1H3,(H,25,26)(H,27,28)/p-1/t19-/m1/s1. The second-order valence-electron chi connectivity index (χ2n) is 6.72. The first-order valence-corrected chi connectivity index (χ1v) is 8.96. The van der Waals surface area contributed by atoms with E-state index in [4.69, 9.17) is 0 Å². The number of aryl methyl sites for hydroxylation is 1. The highest BCUT2D eigenvalue weighted by atomic mass is 16.4. The highest BCUT2D eigenvalue weighted by molar-refractivity contribution is 6.10. The third-order valence-corrected chi connectivity index (χ3v) is 4.78. The van der Waals surface area contributed by atoms with E-state index in [0.717, 1.165) is 27.4 Å². The van der Waals surface area contributed by atoms with Crippen molar-refractivity contribution < 1.29 is 14.7 Å². The number of carboxylic acid groups (broad SMARTS) is 1. The van der Waals surface area contributed by atoms with Crippen molar-refractivity contribution >= 4 is 33.7 Å². The van der Waals surface area contributed by atoms with E-state index in [2.05, 4.69) is 15.3 Å². The molecule has 4 aromatic rings. The maximum Gasteiger partial charge on any atom is 0.270 e. The van der Waals surface area contributed by atoms with Crippen LogP contribution < -0.4 is 10.4 Å². The van der Waals surface area contributed by atoms with Gasteiger partial charge in [0.2, 0.25) is 0 Å². The summed E-state index contributed by atoms with van der Waals surface area (Å²) in [5, 5.41) is 15.9. The molecule has 0 saturated carbocycles. The molecule has 0 radical (unpaired) electrons. The fourth-order valence-corrected chi connectivity index (χ4v) is 3.40. The number of hydrogen-bond donors (Lipinski definition) is 2. The molecule has 4 rings (SSSR count). The van der Waals surface area contributed by atoms with E-state index in [1.165, 1.54) is 0 Å². The number of hydrogen-bond acceptors (Lipinski definition) is 4. The largest absolute Gasteiger partial charge is 0.548 e. The van der Waals surface area contributed by atoms with Crippen molar-refractivity contribution in [2.24, 2.45) is 0 Å². The molecule has 0 saturated heterocycles. The van der Waals surface area contributed by atoms with Crippen molar-refractivity contribution in [1.82, 2.24) is 15.3 Å². The van der Waals surface area contributed by atoms with Crippen LogP contribution >= 0.6 is 0 Å². The Kier molecular flexibility index (Phi) is 4.53. The third-order valence-electron chi connectivity index (χ3n) is 4.78. The number of aliphatic carboxylic acids is 1. The number of nitrogens with zero attached hydrogens (tertiary/aromatic N) is 1. The molecule has 0 spiro atoms. The first kappa shape index (κ1) is 17.7. The monoisotopic (exact) mass is 372 g/mol. The van der Waals surface area contributed by atoms with Gasteiger partial charge >= 0.3 is 0 Å². The Morgan fingerprint density at radius 3 is 2.54 bits per heavy atom. The maximum absolute atomic E-state index is 12.7. The van der Waals surface area contributed by atoms with Crippen LogP contribution in [-0.2, 0) is 11.2 Å². The van der Waals surface area contributed by atoms with Gasteiger partial charge in [0.1, 0.15) is 5.69 Å². The van der Waals surface area contributed by atoms with Crippen LogP contribution in [0.2, 0.25) is 0 Å². The molecule has 2 aromatic heterocycles. The molecule has 1 amide bonds. The van der Waals surface area contributed by atoms with Crippen LogP contribution in [0.3, 0.4) is 0 Å². The number of para-hydroxylation sites is 1. The number of rotatable bonds is 5. The number of pyridine rings is 1. The zero-order chi connectivity index (χ0) is 19.7. The van der Waals surface area contributed by atoms with Gasteiger partial charge in [-0.1, -0.05) is 48.5 Å². The summed E-state index contributed by atoms with van der Waals surface area (Å²) >= 11 is 0. The van der Waals surface area contributed by atoms with Gasteiger partial charge < -0.3 is 20.2 Å². The number of carbonyl (C=O) groups is 2. The van der Waals surface area contributed by atoms with Crippen LogP contribution in [0.25, 0.3) is 21.8 Å². The minimum Gasteiger partial charge on any atom is -0.548 e. The Bertz CT molecular complexity index is 1180. The zero-order valence-electron chi connectivity index (χ0n) is 15.2. The van der Waals surface area contributed by atoms with Crippen molar-refractivity contribution in [2.45, 2.75) is 19.4 Å². The Morgan fingerprint density at radius 1 is 1.07 bits per heavy atom. The van der Waals surface area contributed by atoms with Crippen molar-refractivity contribution in [1.29, 1.82) is 0 Å². The predicted molar refractivity (Wildman–Crippen MR) is 105 cm³/mol. The zero-order valence-corrected chi connectivity index (χ0v) is 15.2. The Balaban J connectivity index is 1.65. The summed E-state index contributed by atoms with van der Waals surface area (Å²) in [6.45, 7) is 1.81. The van der Waals surface area contributed by atoms with E-state index in [-0.39, 0.29) is 12.1 Å². The van der Waals surface area contributed by atoms with E-state index >= 15 is 0 Å². The molecule has 0 aliphatic rings. The van der Waals surface area contributed by atoms with Crippen molar-refractivity contribution in [3.8, 4) is 0 Å². The molecule has 6 nitrogen and oxygen atoms in total. The molecule has 28 heavy (non-hydrogen) atoms. The summed E-state index contributed by atoms with van der Waals surface area (Å²) < 4.78 is 0.